The summed E-state index contributed by atoms with van der Waals surface area (Å²) in [7, 11) is 0. The zero-order chi connectivity index (χ0) is 14.9. The molecule has 0 rings (SSSR count). The highest BCUT2D eigenvalue weighted by atomic mass is 32.2. The molecule has 0 aromatic heterocycles. The first-order chi connectivity index (χ1) is 8.76. The Bertz CT molecular complexity index is 300. The molecule has 0 unspecified atom stereocenters. The smallest absolute Gasteiger partial charge is 0.406 e. The van der Waals surface area contributed by atoms with Crippen molar-refractivity contribution in [2.75, 3.05) is 31.6 Å². The Labute approximate surface area is 113 Å². The SMILES string of the molecule is CSCCCCNC(=O)N(CC(=O)O)CC(F)(F)F. The van der Waals surface area contributed by atoms with Crippen LogP contribution in [0.25, 0.3) is 0 Å². The molecular formula is C10H17F3N2O3S. The third kappa shape index (κ3) is 10.5. The molecule has 19 heavy (non-hydrogen) atoms. The molecule has 0 aliphatic rings. The van der Waals surface area contributed by atoms with E-state index in [-0.39, 0.29) is 11.4 Å². The third-order valence-corrected chi connectivity index (χ3v) is 2.73. The van der Waals surface area contributed by atoms with Gasteiger partial charge in [-0.2, -0.15) is 24.9 Å². The van der Waals surface area contributed by atoms with Crippen LogP contribution in [0, 0.1) is 0 Å². The molecule has 5 nitrogen and oxygen atoms in total. The number of aliphatic carboxylic acids is 1. The topological polar surface area (TPSA) is 69.6 Å². The lowest BCUT2D eigenvalue weighted by Gasteiger charge is -2.22. The fourth-order valence-electron chi connectivity index (χ4n) is 1.26. The number of carboxylic acids is 1. The number of alkyl halides is 3. The number of urea groups is 1. The van der Waals surface area contributed by atoms with Crippen LogP contribution < -0.4 is 5.32 Å². The van der Waals surface area contributed by atoms with Gasteiger partial charge in [0.25, 0.3) is 0 Å². The summed E-state index contributed by atoms with van der Waals surface area (Å²) < 4.78 is 36.6. The van der Waals surface area contributed by atoms with E-state index in [9.17, 15) is 22.8 Å². The standard InChI is InChI=1S/C10H17F3N2O3S/c1-19-5-3-2-4-14-9(18)15(6-8(16)17)7-10(11,12)13/h2-7H2,1H3,(H,14,18)(H,16,17). The van der Waals surface area contributed by atoms with Crippen molar-refractivity contribution in [1.29, 1.82) is 0 Å². The van der Waals surface area contributed by atoms with Crippen LogP contribution in [0.5, 0.6) is 0 Å². The number of thioether (sulfide) groups is 1. The summed E-state index contributed by atoms with van der Waals surface area (Å²) in [6.45, 7) is -2.32. The third-order valence-electron chi connectivity index (χ3n) is 2.03. The summed E-state index contributed by atoms with van der Waals surface area (Å²) in [4.78, 5) is 22.1. The van der Waals surface area contributed by atoms with Crippen molar-refractivity contribution in [1.82, 2.24) is 10.2 Å². The zero-order valence-electron chi connectivity index (χ0n) is 10.5. The number of nitrogens with one attached hydrogen (secondary N) is 1. The highest BCUT2D eigenvalue weighted by Crippen LogP contribution is 2.16. The molecule has 9 heteroatoms. The molecule has 0 radical (unpaired) electrons. The molecule has 0 aliphatic heterocycles. The Kier molecular flexibility index (Phi) is 8.37. The van der Waals surface area contributed by atoms with Crippen LogP contribution in [0.2, 0.25) is 0 Å². The monoisotopic (exact) mass is 302 g/mol. The van der Waals surface area contributed by atoms with Crippen LogP contribution in [-0.2, 0) is 4.79 Å². The van der Waals surface area contributed by atoms with Gasteiger partial charge in [0.15, 0.2) is 0 Å². The first kappa shape index (κ1) is 17.9. The summed E-state index contributed by atoms with van der Waals surface area (Å²) in [5, 5.41) is 10.8. The second-order valence-corrected chi connectivity index (χ2v) is 4.78. The highest BCUT2D eigenvalue weighted by Gasteiger charge is 2.33. The molecule has 0 aromatic carbocycles. The molecule has 0 aliphatic carbocycles. The van der Waals surface area contributed by atoms with E-state index in [2.05, 4.69) is 5.32 Å². The molecule has 0 bridgehead atoms. The zero-order valence-corrected chi connectivity index (χ0v) is 11.3. The predicted molar refractivity (Wildman–Crippen MR) is 66.3 cm³/mol. The van der Waals surface area contributed by atoms with Gasteiger partial charge in [-0.3, -0.25) is 4.79 Å². The largest absolute Gasteiger partial charge is 0.480 e. The van der Waals surface area contributed by atoms with Gasteiger partial charge >= 0.3 is 18.2 Å². The average Bonchev–Trinajstić information content (AvgIpc) is 2.25. The molecule has 0 saturated carbocycles. The second-order valence-electron chi connectivity index (χ2n) is 3.80. The fraction of sp³-hybridized carbons (Fsp3) is 0.800. The van der Waals surface area contributed by atoms with Gasteiger partial charge in [0.05, 0.1) is 0 Å². The minimum atomic E-state index is -4.62. The molecule has 0 aromatic rings. The molecule has 0 atom stereocenters. The van der Waals surface area contributed by atoms with E-state index in [0.717, 1.165) is 12.2 Å². The van der Waals surface area contributed by atoms with Gasteiger partial charge in [0.2, 0.25) is 0 Å². The lowest BCUT2D eigenvalue weighted by Crippen LogP contribution is -2.47. The van der Waals surface area contributed by atoms with E-state index >= 15 is 0 Å². The van der Waals surface area contributed by atoms with Crippen molar-refractivity contribution in [3.8, 4) is 0 Å². The summed E-state index contributed by atoms with van der Waals surface area (Å²) in [6.07, 6.45) is -1.22. The van der Waals surface area contributed by atoms with Crippen LogP contribution in [0.3, 0.4) is 0 Å². The lowest BCUT2D eigenvalue weighted by molar-refractivity contribution is -0.148. The first-order valence-corrected chi connectivity index (χ1v) is 6.96. The van der Waals surface area contributed by atoms with E-state index in [4.69, 9.17) is 5.11 Å². The number of rotatable bonds is 8. The van der Waals surface area contributed by atoms with E-state index in [1.807, 2.05) is 6.26 Å². The van der Waals surface area contributed by atoms with Gasteiger partial charge < -0.3 is 15.3 Å². The molecule has 2 amide bonds. The number of carbonyl (C=O) groups excluding carboxylic acids is 1. The Morgan fingerprint density at radius 3 is 2.42 bits per heavy atom. The Morgan fingerprint density at radius 2 is 1.95 bits per heavy atom. The van der Waals surface area contributed by atoms with E-state index in [1.54, 1.807) is 11.8 Å². The Hall–Kier alpha value is -1.12. The maximum Gasteiger partial charge on any atom is 0.406 e. The molecule has 112 valence electrons. The van der Waals surface area contributed by atoms with Crippen molar-refractivity contribution in [2.45, 2.75) is 19.0 Å². The second kappa shape index (κ2) is 8.89. The van der Waals surface area contributed by atoms with Gasteiger partial charge in [-0.1, -0.05) is 0 Å². The maximum absolute atomic E-state index is 12.2. The van der Waals surface area contributed by atoms with Crippen LogP contribution in [0.1, 0.15) is 12.8 Å². The van der Waals surface area contributed by atoms with Gasteiger partial charge in [0, 0.05) is 6.54 Å². The van der Waals surface area contributed by atoms with Gasteiger partial charge in [-0.15, -0.1) is 0 Å². The van der Waals surface area contributed by atoms with Crippen LogP contribution in [-0.4, -0.2) is 59.8 Å². The number of hydrogen-bond acceptors (Lipinski definition) is 3. The fourth-order valence-corrected chi connectivity index (χ4v) is 1.75. The Morgan fingerprint density at radius 1 is 1.32 bits per heavy atom. The number of unbranched alkanes of at least 4 members (excludes halogenated alkanes) is 1. The number of hydrogen-bond donors (Lipinski definition) is 2. The van der Waals surface area contributed by atoms with Crippen LogP contribution >= 0.6 is 11.8 Å². The van der Waals surface area contributed by atoms with Crippen molar-refractivity contribution in [3.05, 3.63) is 0 Å². The van der Waals surface area contributed by atoms with E-state index in [0.29, 0.717) is 6.42 Å². The summed E-state index contributed by atoms with van der Waals surface area (Å²) in [6, 6.07) is -1.01. The quantitative estimate of drug-likeness (QED) is 0.671. The Balaban J connectivity index is 4.19. The van der Waals surface area contributed by atoms with E-state index < -0.39 is 31.3 Å². The number of halogens is 3. The maximum atomic E-state index is 12.2. The molecule has 0 heterocycles. The van der Waals surface area contributed by atoms with Crippen LogP contribution in [0.4, 0.5) is 18.0 Å². The number of amides is 2. The van der Waals surface area contributed by atoms with Crippen molar-refractivity contribution in [2.24, 2.45) is 0 Å². The lowest BCUT2D eigenvalue weighted by atomic mass is 10.3. The van der Waals surface area contributed by atoms with Crippen LogP contribution in [0.15, 0.2) is 0 Å². The molecule has 0 fully saturated rings. The van der Waals surface area contributed by atoms with Crippen molar-refractivity contribution >= 4 is 23.8 Å². The van der Waals surface area contributed by atoms with E-state index in [1.165, 1.54) is 0 Å². The summed E-state index contributed by atoms with van der Waals surface area (Å²) >= 11 is 1.63. The predicted octanol–water partition coefficient (Wildman–Crippen LogP) is 1.79. The summed E-state index contributed by atoms with van der Waals surface area (Å²) in [5.74, 6) is -0.584. The molecule has 0 spiro atoms. The molecular weight excluding hydrogens is 285 g/mol. The highest BCUT2D eigenvalue weighted by molar-refractivity contribution is 7.98. The number of carboxylic acid groups (broad SMARTS) is 1. The molecule has 0 saturated heterocycles. The van der Waals surface area contributed by atoms with Gasteiger partial charge in [0.1, 0.15) is 13.1 Å². The minimum absolute atomic E-state index is 0.230. The normalized spacial score (nSPS) is 11.2. The van der Waals surface area contributed by atoms with Gasteiger partial charge in [-0.25, -0.2) is 4.79 Å². The van der Waals surface area contributed by atoms with Crippen molar-refractivity contribution < 1.29 is 27.9 Å². The summed E-state index contributed by atoms with van der Waals surface area (Å²) in [5.41, 5.74) is 0. The molecule has 2 N–H and O–H groups in total. The first-order valence-electron chi connectivity index (χ1n) is 5.56. The number of carbonyl (C=O) groups is 2. The number of nitrogens with zero attached hydrogens (tertiary/aromatic N) is 1. The van der Waals surface area contributed by atoms with Gasteiger partial charge in [-0.05, 0) is 24.9 Å². The average molecular weight is 302 g/mol. The van der Waals surface area contributed by atoms with Crippen molar-refractivity contribution in [3.63, 3.8) is 0 Å². The minimum Gasteiger partial charge on any atom is -0.480 e.